The number of rotatable bonds is 8. The highest BCUT2D eigenvalue weighted by Gasteiger charge is 2.21. The maximum absolute atomic E-state index is 12.2. The molecule has 116 valence electrons. The Bertz CT molecular complexity index is 508. The van der Waals surface area contributed by atoms with E-state index >= 15 is 0 Å². The van der Waals surface area contributed by atoms with Crippen molar-refractivity contribution >= 4 is 29.0 Å². The molecule has 1 unspecified atom stereocenters. The zero-order valence-corrected chi connectivity index (χ0v) is 13.3. The monoisotopic (exact) mass is 311 g/mol. The molecule has 0 spiro atoms. The Labute approximate surface area is 128 Å². The van der Waals surface area contributed by atoms with E-state index in [0.29, 0.717) is 24.6 Å². The number of hydrogen-bond donors (Lipinski definition) is 2. The van der Waals surface area contributed by atoms with Gasteiger partial charge in [-0.3, -0.25) is 14.9 Å². The molecule has 0 aromatic heterocycles. The molecular formula is C14H21N3O3S. The van der Waals surface area contributed by atoms with E-state index in [9.17, 15) is 14.9 Å². The summed E-state index contributed by atoms with van der Waals surface area (Å²) in [6, 6.07) is 4.52. The van der Waals surface area contributed by atoms with Crippen LogP contribution in [0, 0.1) is 16.0 Å². The van der Waals surface area contributed by atoms with Crippen molar-refractivity contribution in [2.75, 3.05) is 30.4 Å². The van der Waals surface area contributed by atoms with E-state index in [2.05, 4.69) is 17.6 Å². The van der Waals surface area contributed by atoms with Crippen LogP contribution in [0.25, 0.3) is 0 Å². The summed E-state index contributed by atoms with van der Waals surface area (Å²) in [4.78, 5) is 22.8. The third-order valence-electron chi connectivity index (χ3n) is 2.90. The highest BCUT2D eigenvalue weighted by atomic mass is 32.2. The maximum Gasteiger partial charge on any atom is 0.293 e. The largest absolute Gasteiger partial charge is 0.379 e. The Morgan fingerprint density at radius 2 is 2.19 bits per heavy atom. The average Bonchev–Trinajstić information content (AvgIpc) is 2.45. The molecule has 0 aliphatic heterocycles. The van der Waals surface area contributed by atoms with Gasteiger partial charge in [0.1, 0.15) is 5.69 Å². The first-order valence-electron chi connectivity index (χ1n) is 6.79. The van der Waals surface area contributed by atoms with Gasteiger partial charge >= 0.3 is 0 Å². The molecule has 0 saturated carbocycles. The van der Waals surface area contributed by atoms with Gasteiger partial charge in [0.15, 0.2) is 0 Å². The molecule has 21 heavy (non-hydrogen) atoms. The Balaban J connectivity index is 2.92. The molecule has 0 radical (unpaired) electrons. The van der Waals surface area contributed by atoms with Crippen LogP contribution in [0.1, 0.15) is 24.2 Å². The topological polar surface area (TPSA) is 84.3 Å². The van der Waals surface area contributed by atoms with E-state index in [-0.39, 0.29) is 17.3 Å². The fraction of sp³-hybridized carbons (Fsp3) is 0.500. The molecule has 1 aromatic carbocycles. The van der Waals surface area contributed by atoms with Gasteiger partial charge < -0.3 is 10.6 Å². The average molecular weight is 311 g/mol. The lowest BCUT2D eigenvalue weighted by molar-refractivity contribution is -0.384. The minimum Gasteiger partial charge on any atom is -0.379 e. The molecule has 6 nitrogen and oxygen atoms in total. The molecule has 1 aromatic rings. The van der Waals surface area contributed by atoms with E-state index in [1.54, 1.807) is 17.8 Å². The molecule has 0 heterocycles. The first kappa shape index (κ1) is 17.3. The highest BCUT2D eigenvalue weighted by molar-refractivity contribution is 7.98. The first-order chi connectivity index (χ1) is 10.0. The molecular weight excluding hydrogens is 290 g/mol. The van der Waals surface area contributed by atoms with Crippen LogP contribution >= 0.6 is 11.8 Å². The number of thioether (sulfide) groups is 1. The number of nitrogens with zero attached hydrogens (tertiary/aromatic N) is 1. The zero-order chi connectivity index (χ0) is 15.8. The van der Waals surface area contributed by atoms with Crippen molar-refractivity contribution in [1.82, 2.24) is 5.32 Å². The van der Waals surface area contributed by atoms with Crippen molar-refractivity contribution in [3.63, 3.8) is 0 Å². The maximum atomic E-state index is 12.2. The van der Waals surface area contributed by atoms with E-state index in [1.807, 2.05) is 13.2 Å². The number of nitrogens with one attached hydrogen (secondary N) is 2. The van der Waals surface area contributed by atoms with Crippen molar-refractivity contribution in [1.29, 1.82) is 0 Å². The van der Waals surface area contributed by atoms with Crippen molar-refractivity contribution < 1.29 is 9.72 Å². The number of amides is 1. The summed E-state index contributed by atoms with van der Waals surface area (Å²) in [5, 5.41) is 16.8. The van der Waals surface area contributed by atoms with Gasteiger partial charge in [0.05, 0.1) is 10.5 Å². The van der Waals surface area contributed by atoms with Crippen LogP contribution in [0.15, 0.2) is 18.2 Å². The fourth-order valence-corrected chi connectivity index (χ4v) is 2.64. The molecule has 7 heteroatoms. The van der Waals surface area contributed by atoms with E-state index < -0.39 is 4.92 Å². The second-order valence-corrected chi connectivity index (χ2v) is 5.67. The van der Waals surface area contributed by atoms with Gasteiger partial charge in [-0.25, -0.2) is 0 Å². The molecule has 0 aliphatic rings. The lowest BCUT2D eigenvalue weighted by atomic mass is 10.1. The minimum atomic E-state index is -0.481. The van der Waals surface area contributed by atoms with Crippen LogP contribution in [0.4, 0.5) is 11.4 Å². The standard InChI is InChI=1S/C14H21N3O3S/c1-4-15-13-11(6-5-7-12(13)17(19)20)14(18)16-8-10(2)9-21-3/h5-7,10,15H,4,8-9H2,1-3H3,(H,16,18). The molecule has 2 N–H and O–H groups in total. The van der Waals surface area contributed by atoms with Gasteiger partial charge in [-0.15, -0.1) is 0 Å². The minimum absolute atomic E-state index is 0.0818. The molecule has 1 atom stereocenters. The van der Waals surface area contributed by atoms with Crippen LogP contribution < -0.4 is 10.6 Å². The number of hydrogen-bond acceptors (Lipinski definition) is 5. The third-order valence-corrected chi connectivity index (χ3v) is 3.80. The van der Waals surface area contributed by atoms with E-state index in [1.165, 1.54) is 12.1 Å². The summed E-state index contributed by atoms with van der Waals surface area (Å²) in [6.45, 7) is 4.94. The van der Waals surface area contributed by atoms with Crippen molar-refractivity contribution in [3.05, 3.63) is 33.9 Å². The lowest BCUT2D eigenvalue weighted by Crippen LogP contribution is -2.29. The Morgan fingerprint density at radius 3 is 2.76 bits per heavy atom. The number of nitro benzene ring substituents is 1. The SMILES string of the molecule is CCNc1c(C(=O)NCC(C)CSC)cccc1[N+](=O)[O-]. The Morgan fingerprint density at radius 1 is 1.48 bits per heavy atom. The smallest absolute Gasteiger partial charge is 0.293 e. The molecule has 0 fully saturated rings. The van der Waals surface area contributed by atoms with Crippen molar-refractivity contribution in [3.8, 4) is 0 Å². The Kier molecular flexibility index (Phi) is 7.01. The van der Waals surface area contributed by atoms with Crippen LogP contribution in [-0.4, -0.2) is 35.9 Å². The van der Waals surface area contributed by atoms with Gasteiger partial charge in [-0.05, 0) is 30.9 Å². The lowest BCUT2D eigenvalue weighted by Gasteiger charge is -2.14. The van der Waals surface area contributed by atoms with E-state index in [0.717, 1.165) is 5.75 Å². The second kappa shape index (κ2) is 8.51. The summed E-state index contributed by atoms with van der Waals surface area (Å²) in [5.74, 6) is 1.02. The zero-order valence-electron chi connectivity index (χ0n) is 12.5. The van der Waals surface area contributed by atoms with Crippen LogP contribution in [0.5, 0.6) is 0 Å². The number of anilines is 1. The predicted octanol–water partition coefficient (Wildman–Crippen LogP) is 2.76. The number of carbonyl (C=O) groups is 1. The highest BCUT2D eigenvalue weighted by Crippen LogP contribution is 2.28. The molecule has 1 amide bonds. The van der Waals surface area contributed by atoms with Gasteiger partial charge in [-0.1, -0.05) is 13.0 Å². The number of benzene rings is 1. The predicted molar refractivity (Wildman–Crippen MR) is 87.1 cm³/mol. The van der Waals surface area contributed by atoms with Crippen LogP contribution in [-0.2, 0) is 0 Å². The summed E-state index contributed by atoms with van der Waals surface area (Å²) in [6.07, 6.45) is 2.02. The van der Waals surface area contributed by atoms with Crippen molar-refractivity contribution in [2.24, 2.45) is 5.92 Å². The summed E-state index contributed by atoms with van der Waals surface area (Å²) < 4.78 is 0. The number of para-hydroxylation sites is 1. The van der Waals surface area contributed by atoms with Gasteiger partial charge in [0.2, 0.25) is 0 Å². The molecule has 0 saturated heterocycles. The summed E-state index contributed by atoms with van der Waals surface area (Å²) in [7, 11) is 0. The second-order valence-electron chi connectivity index (χ2n) is 4.76. The molecule has 0 aliphatic carbocycles. The van der Waals surface area contributed by atoms with Gasteiger partial charge in [0, 0.05) is 19.2 Å². The number of nitro groups is 1. The third kappa shape index (κ3) is 4.93. The molecule has 0 bridgehead atoms. The van der Waals surface area contributed by atoms with Crippen LogP contribution in [0.3, 0.4) is 0 Å². The normalized spacial score (nSPS) is 11.8. The van der Waals surface area contributed by atoms with Crippen molar-refractivity contribution in [2.45, 2.75) is 13.8 Å². The molecule has 1 rings (SSSR count). The Hall–Kier alpha value is -1.76. The van der Waals surface area contributed by atoms with Gasteiger partial charge in [0.25, 0.3) is 11.6 Å². The van der Waals surface area contributed by atoms with E-state index in [4.69, 9.17) is 0 Å². The van der Waals surface area contributed by atoms with Crippen LogP contribution in [0.2, 0.25) is 0 Å². The summed E-state index contributed by atoms with van der Waals surface area (Å²) >= 11 is 1.72. The number of carbonyl (C=O) groups excluding carboxylic acids is 1. The summed E-state index contributed by atoms with van der Waals surface area (Å²) in [5.41, 5.74) is 0.504. The first-order valence-corrected chi connectivity index (χ1v) is 8.19. The van der Waals surface area contributed by atoms with Gasteiger partial charge in [-0.2, -0.15) is 11.8 Å². The quantitative estimate of drug-likeness (QED) is 0.569. The fourth-order valence-electron chi connectivity index (χ4n) is 1.95.